The Kier molecular flexibility index (Phi) is 5.24. The highest BCUT2D eigenvalue weighted by molar-refractivity contribution is 7.18. The number of fused-ring (bicyclic) bond motifs is 1. The van der Waals surface area contributed by atoms with Crippen molar-refractivity contribution in [1.82, 2.24) is 9.55 Å². The fourth-order valence-electron chi connectivity index (χ4n) is 2.68. The van der Waals surface area contributed by atoms with E-state index in [1.807, 2.05) is 6.92 Å². The topological polar surface area (TPSA) is 64.0 Å². The average molecular weight is 430 g/mol. The van der Waals surface area contributed by atoms with Crippen molar-refractivity contribution in [2.75, 3.05) is 5.32 Å². The first-order chi connectivity index (χ1) is 13.0. The summed E-state index contributed by atoms with van der Waals surface area (Å²) < 4.78 is 39.8. The molecule has 148 valence electrons. The Balaban J connectivity index is 1.94. The second-order valence-corrected chi connectivity index (χ2v) is 7.89. The number of hydrogen-bond acceptors (Lipinski definition) is 4. The van der Waals surface area contributed by atoms with E-state index in [9.17, 15) is 22.8 Å². The molecule has 0 aliphatic carbocycles. The van der Waals surface area contributed by atoms with Crippen LogP contribution in [0.15, 0.2) is 29.3 Å². The maximum absolute atomic E-state index is 12.9. The van der Waals surface area contributed by atoms with Gasteiger partial charge >= 0.3 is 6.18 Å². The predicted molar refractivity (Wildman–Crippen MR) is 103 cm³/mol. The largest absolute Gasteiger partial charge is 0.416 e. The van der Waals surface area contributed by atoms with Crippen LogP contribution in [0, 0.1) is 13.8 Å². The summed E-state index contributed by atoms with van der Waals surface area (Å²) in [6, 6.07) is 1.63. The molecule has 0 bridgehead atoms. The summed E-state index contributed by atoms with van der Waals surface area (Å²) in [4.78, 5) is 31.1. The first-order valence-electron chi connectivity index (χ1n) is 8.15. The lowest BCUT2D eigenvalue weighted by atomic mass is 10.2. The van der Waals surface area contributed by atoms with Crippen molar-refractivity contribution in [3.63, 3.8) is 0 Å². The molecule has 3 aromatic rings. The second kappa shape index (κ2) is 7.21. The highest BCUT2D eigenvalue weighted by atomic mass is 35.5. The third-order valence-corrected chi connectivity index (χ3v) is 5.91. The molecule has 0 saturated carbocycles. The maximum Gasteiger partial charge on any atom is 0.416 e. The van der Waals surface area contributed by atoms with Gasteiger partial charge < -0.3 is 5.32 Å². The number of amides is 1. The Morgan fingerprint density at radius 2 is 2.00 bits per heavy atom. The standard InChI is InChI=1S/C18H15ClF3N3O2S/c1-8-10(3)28-16-14(8)17(27)25(7-23-16)9(2)15(26)24-13-6-11(18(20,21)22)4-5-12(13)19/h4-7,9H,1-3H3,(H,24,26)/t9-/m1/s1. The molecule has 0 spiro atoms. The Hall–Kier alpha value is -2.39. The van der Waals surface area contributed by atoms with Crippen LogP contribution in [-0.2, 0) is 11.0 Å². The smallest absolute Gasteiger partial charge is 0.323 e. The fraction of sp³-hybridized carbons (Fsp3) is 0.278. The third-order valence-electron chi connectivity index (χ3n) is 4.46. The van der Waals surface area contributed by atoms with Gasteiger partial charge in [0.25, 0.3) is 5.56 Å². The lowest BCUT2D eigenvalue weighted by Gasteiger charge is -2.16. The number of benzene rings is 1. The summed E-state index contributed by atoms with van der Waals surface area (Å²) in [7, 11) is 0. The van der Waals surface area contributed by atoms with Crippen molar-refractivity contribution >= 4 is 44.7 Å². The van der Waals surface area contributed by atoms with Gasteiger partial charge in [-0.2, -0.15) is 13.2 Å². The zero-order valence-electron chi connectivity index (χ0n) is 15.0. The molecular formula is C18H15ClF3N3O2S. The summed E-state index contributed by atoms with van der Waals surface area (Å²) in [5, 5.41) is 2.75. The monoisotopic (exact) mass is 429 g/mol. The van der Waals surface area contributed by atoms with Crippen LogP contribution in [0.5, 0.6) is 0 Å². The van der Waals surface area contributed by atoms with Crippen LogP contribution in [-0.4, -0.2) is 15.5 Å². The quantitative estimate of drug-likeness (QED) is 0.641. The first-order valence-corrected chi connectivity index (χ1v) is 9.34. The Labute approximate surface area is 166 Å². The first kappa shape index (κ1) is 20.3. The van der Waals surface area contributed by atoms with Crippen LogP contribution < -0.4 is 10.9 Å². The van der Waals surface area contributed by atoms with Gasteiger partial charge in [0.15, 0.2) is 0 Å². The van der Waals surface area contributed by atoms with Gasteiger partial charge in [0.1, 0.15) is 10.9 Å². The highest BCUT2D eigenvalue weighted by Crippen LogP contribution is 2.34. The Morgan fingerprint density at radius 3 is 2.64 bits per heavy atom. The van der Waals surface area contributed by atoms with E-state index >= 15 is 0 Å². The normalized spacial score (nSPS) is 13.0. The molecule has 1 atom stereocenters. The van der Waals surface area contributed by atoms with Crippen molar-refractivity contribution in [1.29, 1.82) is 0 Å². The molecule has 1 amide bonds. The molecular weight excluding hydrogens is 415 g/mol. The number of carbonyl (C=O) groups excluding carboxylic acids is 1. The molecule has 0 aliphatic heterocycles. The van der Waals surface area contributed by atoms with Gasteiger partial charge in [-0.1, -0.05) is 11.6 Å². The lowest BCUT2D eigenvalue weighted by molar-refractivity contribution is -0.137. The minimum absolute atomic E-state index is 0.0428. The van der Waals surface area contributed by atoms with Crippen LogP contribution in [0.3, 0.4) is 0 Å². The SMILES string of the molecule is Cc1sc2ncn([C@H](C)C(=O)Nc3cc(C(F)(F)F)ccc3Cl)c(=O)c2c1C. The van der Waals surface area contributed by atoms with Crippen LogP contribution in [0.4, 0.5) is 18.9 Å². The lowest BCUT2D eigenvalue weighted by Crippen LogP contribution is -2.32. The Bertz CT molecular complexity index is 1140. The van der Waals surface area contributed by atoms with E-state index in [0.29, 0.717) is 10.2 Å². The minimum Gasteiger partial charge on any atom is -0.323 e. The van der Waals surface area contributed by atoms with E-state index < -0.39 is 23.7 Å². The average Bonchev–Trinajstić information content (AvgIpc) is 2.90. The number of hydrogen-bond donors (Lipinski definition) is 1. The van der Waals surface area contributed by atoms with Crippen molar-refractivity contribution in [2.24, 2.45) is 0 Å². The fourth-order valence-corrected chi connectivity index (χ4v) is 3.84. The molecule has 1 aromatic carbocycles. The number of halogens is 4. The molecule has 0 aliphatic rings. The molecule has 0 unspecified atom stereocenters. The molecule has 2 aromatic heterocycles. The third kappa shape index (κ3) is 3.64. The van der Waals surface area contributed by atoms with Gasteiger partial charge in [-0.15, -0.1) is 11.3 Å². The summed E-state index contributed by atoms with van der Waals surface area (Å²) >= 11 is 7.29. The summed E-state index contributed by atoms with van der Waals surface area (Å²) in [5.41, 5.74) is -0.715. The van der Waals surface area contributed by atoms with E-state index in [2.05, 4.69) is 10.3 Å². The number of anilines is 1. The zero-order chi connectivity index (χ0) is 20.8. The number of carbonyl (C=O) groups is 1. The second-order valence-electron chi connectivity index (χ2n) is 6.28. The molecule has 0 radical (unpaired) electrons. The van der Waals surface area contributed by atoms with Gasteiger partial charge in [0.05, 0.1) is 28.0 Å². The number of nitrogens with one attached hydrogen (secondary N) is 1. The van der Waals surface area contributed by atoms with Crippen molar-refractivity contribution in [3.8, 4) is 0 Å². The van der Waals surface area contributed by atoms with Gasteiger partial charge in [-0.05, 0) is 44.5 Å². The van der Waals surface area contributed by atoms with E-state index in [4.69, 9.17) is 11.6 Å². The van der Waals surface area contributed by atoms with Crippen LogP contribution >= 0.6 is 22.9 Å². The van der Waals surface area contributed by atoms with Crippen molar-refractivity contribution in [3.05, 3.63) is 55.9 Å². The molecule has 28 heavy (non-hydrogen) atoms. The minimum atomic E-state index is -4.57. The van der Waals surface area contributed by atoms with E-state index in [1.165, 1.54) is 24.6 Å². The number of aryl methyl sites for hydroxylation is 2. The summed E-state index contributed by atoms with van der Waals surface area (Å²) in [6.07, 6.45) is -3.31. The number of alkyl halides is 3. The molecule has 3 rings (SSSR count). The molecule has 1 N–H and O–H groups in total. The van der Waals surface area contributed by atoms with E-state index in [0.717, 1.165) is 33.2 Å². The van der Waals surface area contributed by atoms with Crippen LogP contribution in [0.1, 0.15) is 29.0 Å². The van der Waals surface area contributed by atoms with Gasteiger partial charge in [0.2, 0.25) is 5.91 Å². The number of rotatable bonds is 3. The van der Waals surface area contributed by atoms with Crippen molar-refractivity contribution < 1.29 is 18.0 Å². The molecule has 0 saturated heterocycles. The summed E-state index contributed by atoms with van der Waals surface area (Å²) in [5.74, 6) is -0.686. The van der Waals surface area contributed by atoms with Crippen LogP contribution in [0.25, 0.3) is 10.2 Å². The molecule has 5 nitrogen and oxygen atoms in total. The number of aromatic nitrogens is 2. The van der Waals surface area contributed by atoms with Gasteiger partial charge in [0, 0.05) is 4.88 Å². The van der Waals surface area contributed by atoms with Gasteiger partial charge in [-0.3, -0.25) is 14.2 Å². The summed E-state index contributed by atoms with van der Waals surface area (Å²) in [6.45, 7) is 5.13. The van der Waals surface area contributed by atoms with Gasteiger partial charge in [-0.25, -0.2) is 4.98 Å². The van der Waals surface area contributed by atoms with E-state index in [-0.39, 0.29) is 16.3 Å². The van der Waals surface area contributed by atoms with Crippen LogP contribution in [0.2, 0.25) is 5.02 Å². The van der Waals surface area contributed by atoms with Crippen molar-refractivity contribution in [2.45, 2.75) is 33.0 Å². The predicted octanol–water partition coefficient (Wildman–Crippen LogP) is 4.95. The molecule has 10 heteroatoms. The Morgan fingerprint density at radius 1 is 1.32 bits per heavy atom. The molecule has 0 fully saturated rings. The highest BCUT2D eigenvalue weighted by Gasteiger charge is 2.31. The molecule has 2 heterocycles. The maximum atomic E-state index is 12.9. The number of nitrogens with zero attached hydrogens (tertiary/aromatic N) is 2. The zero-order valence-corrected chi connectivity index (χ0v) is 16.6. The van der Waals surface area contributed by atoms with E-state index in [1.54, 1.807) is 6.92 Å². The number of thiophene rings is 1.